The van der Waals surface area contributed by atoms with Crippen molar-refractivity contribution in [1.82, 2.24) is 0 Å². The molecule has 0 heterocycles. The summed E-state index contributed by atoms with van der Waals surface area (Å²) in [5, 5.41) is 11.0. The third-order valence-corrected chi connectivity index (χ3v) is 3.07. The molecule has 0 aliphatic carbocycles. The van der Waals surface area contributed by atoms with Gasteiger partial charge in [0.15, 0.2) is 0 Å². The molecule has 2 rings (SSSR count). The van der Waals surface area contributed by atoms with Crippen LogP contribution < -0.4 is 10.5 Å². The van der Waals surface area contributed by atoms with Gasteiger partial charge in [0.05, 0.1) is 0 Å². The first-order valence-electron chi connectivity index (χ1n) is 6.95. The maximum Gasteiger partial charge on any atom is 0.320 e. The second-order valence-electron chi connectivity index (χ2n) is 6.21. The highest BCUT2D eigenvalue weighted by Crippen LogP contribution is 2.25. The number of fused-ring (bicyclic) bond motifs is 1. The van der Waals surface area contributed by atoms with Crippen molar-refractivity contribution < 1.29 is 14.6 Å². The van der Waals surface area contributed by atoms with E-state index in [0.29, 0.717) is 6.42 Å². The number of hydrogen-bond donors (Lipinski definition) is 2. The van der Waals surface area contributed by atoms with E-state index in [1.54, 1.807) is 0 Å². The van der Waals surface area contributed by atoms with Gasteiger partial charge < -0.3 is 15.6 Å². The highest BCUT2D eigenvalue weighted by Gasteiger charge is 2.13. The molecule has 2 aromatic rings. The average molecular weight is 287 g/mol. The topological polar surface area (TPSA) is 72.5 Å². The molecule has 2 aromatic carbocycles. The van der Waals surface area contributed by atoms with Gasteiger partial charge in [0.1, 0.15) is 17.4 Å². The molecule has 112 valence electrons. The zero-order valence-corrected chi connectivity index (χ0v) is 12.6. The molecular formula is C17H21NO3. The Kier molecular flexibility index (Phi) is 4.19. The van der Waals surface area contributed by atoms with Crippen molar-refractivity contribution in [2.24, 2.45) is 5.73 Å². The summed E-state index contributed by atoms with van der Waals surface area (Å²) in [7, 11) is 0. The van der Waals surface area contributed by atoms with Gasteiger partial charge >= 0.3 is 5.97 Å². The summed E-state index contributed by atoms with van der Waals surface area (Å²) in [6.45, 7) is 6.02. The Labute approximate surface area is 124 Å². The van der Waals surface area contributed by atoms with Gasteiger partial charge in [0.2, 0.25) is 0 Å². The van der Waals surface area contributed by atoms with E-state index in [9.17, 15) is 4.79 Å². The summed E-state index contributed by atoms with van der Waals surface area (Å²) >= 11 is 0. The number of carboxylic acids is 1. The number of rotatable bonds is 4. The third-order valence-electron chi connectivity index (χ3n) is 3.07. The summed E-state index contributed by atoms with van der Waals surface area (Å²) < 4.78 is 5.84. The van der Waals surface area contributed by atoms with Crippen molar-refractivity contribution >= 4 is 16.7 Å². The predicted molar refractivity (Wildman–Crippen MR) is 83.6 cm³/mol. The number of benzene rings is 2. The molecular weight excluding hydrogens is 266 g/mol. The molecule has 0 amide bonds. The molecule has 4 heteroatoms. The zero-order chi connectivity index (χ0) is 15.6. The van der Waals surface area contributed by atoms with E-state index < -0.39 is 12.0 Å². The number of ether oxygens (including phenoxy) is 1. The molecule has 0 aromatic heterocycles. The van der Waals surface area contributed by atoms with Gasteiger partial charge in [0, 0.05) is 0 Å². The van der Waals surface area contributed by atoms with Crippen LogP contribution in [0, 0.1) is 0 Å². The standard InChI is InChI=1S/C17H21NO3/c1-17(2,3)21-14-7-6-12-8-11(4-5-13(12)10-14)9-15(18)16(19)20/h4-8,10,15H,9,18H2,1-3H3,(H,19,20)/t15-/m0/s1. The third kappa shape index (κ3) is 4.20. The largest absolute Gasteiger partial charge is 0.488 e. The molecule has 3 N–H and O–H groups in total. The first-order valence-corrected chi connectivity index (χ1v) is 6.95. The highest BCUT2D eigenvalue weighted by molar-refractivity contribution is 5.84. The summed E-state index contributed by atoms with van der Waals surface area (Å²) in [6, 6.07) is 10.9. The SMILES string of the molecule is CC(C)(C)Oc1ccc2cc(C[C@H](N)C(=O)O)ccc2c1. The summed E-state index contributed by atoms with van der Waals surface area (Å²) in [4.78, 5) is 10.8. The van der Waals surface area contributed by atoms with E-state index in [2.05, 4.69) is 0 Å². The fourth-order valence-corrected chi connectivity index (χ4v) is 2.16. The van der Waals surface area contributed by atoms with Crippen LogP contribution in [0.2, 0.25) is 0 Å². The minimum atomic E-state index is -0.982. The maximum absolute atomic E-state index is 10.8. The second kappa shape index (κ2) is 5.74. The fraction of sp³-hybridized carbons (Fsp3) is 0.353. The van der Waals surface area contributed by atoms with Gasteiger partial charge in [-0.3, -0.25) is 4.79 Å². The van der Waals surface area contributed by atoms with Crippen LogP contribution >= 0.6 is 0 Å². The molecule has 1 atom stereocenters. The number of carboxylic acid groups (broad SMARTS) is 1. The lowest BCUT2D eigenvalue weighted by atomic mass is 10.0. The Morgan fingerprint density at radius 1 is 1.19 bits per heavy atom. The van der Waals surface area contributed by atoms with Gasteiger partial charge in [-0.1, -0.05) is 24.3 Å². The van der Waals surface area contributed by atoms with Gasteiger partial charge in [-0.2, -0.15) is 0 Å². The second-order valence-corrected chi connectivity index (χ2v) is 6.21. The predicted octanol–water partition coefficient (Wildman–Crippen LogP) is 2.97. The lowest BCUT2D eigenvalue weighted by molar-refractivity contribution is -0.138. The van der Waals surface area contributed by atoms with E-state index in [1.165, 1.54) is 0 Å². The molecule has 0 saturated carbocycles. The Morgan fingerprint density at radius 2 is 1.81 bits per heavy atom. The average Bonchev–Trinajstić information content (AvgIpc) is 2.37. The lowest BCUT2D eigenvalue weighted by Crippen LogP contribution is -2.32. The molecule has 0 radical (unpaired) electrons. The maximum atomic E-state index is 10.8. The minimum Gasteiger partial charge on any atom is -0.488 e. The Bertz CT molecular complexity index is 659. The first-order chi connectivity index (χ1) is 9.74. The number of hydrogen-bond acceptors (Lipinski definition) is 3. The monoisotopic (exact) mass is 287 g/mol. The van der Waals surface area contributed by atoms with Crippen LogP contribution in [0.4, 0.5) is 0 Å². The Balaban J connectivity index is 2.25. The van der Waals surface area contributed by atoms with E-state index in [-0.39, 0.29) is 5.60 Å². The van der Waals surface area contributed by atoms with Crippen LogP contribution in [0.15, 0.2) is 36.4 Å². The molecule has 0 aliphatic heterocycles. The van der Waals surface area contributed by atoms with Crippen molar-refractivity contribution in [3.05, 3.63) is 42.0 Å². The van der Waals surface area contributed by atoms with Crippen LogP contribution in [-0.4, -0.2) is 22.7 Å². The van der Waals surface area contributed by atoms with Crippen LogP contribution in [0.5, 0.6) is 5.75 Å². The number of aliphatic carboxylic acids is 1. The smallest absolute Gasteiger partial charge is 0.320 e. The normalized spacial score (nSPS) is 13.1. The molecule has 0 unspecified atom stereocenters. The van der Waals surface area contributed by atoms with Gasteiger partial charge in [-0.15, -0.1) is 0 Å². The quantitative estimate of drug-likeness (QED) is 0.906. The summed E-state index contributed by atoms with van der Waals surface area (Å²) in [6.07, 6.45) is 0.325. The van der Waals surface area contributed by atoms with Crippen molar-refractivity contribution in [1.29, 1.82) is 0 Å². The molecule has 0 spiro atoms. The Hall–Kier alpha value is -2.07. The zero-order valence-electron chi connectivity index (χ0n) is 12.6. The van der Waals surface area contributed by atoms with Crippen molar-refractivity contribution in [3.63, 3.8) is 0 Å². The molecule has 21 heavy (non-hydrogen) atoms. The fourth-order valence-electron chi connectivity index (χ4n) is 2.16. The number of carbonyl (C=O) groups is 1. The molecule has 0 saturated heterocycles. The van der Waals surface area contributed by atoms with E-state index in [1.807, 2.05) is 57.2 Å². The van der Waals surface area contributed by atoms with Crippen LogP contribution in [0.25, 0.3) is 10.8 Å². The lowest BCUT2D eigenvalue weighted by Gasteiger charge is -2.21. The highest BCUT2D eigenvalue weighted by atomic mass is 16.5. The van der Waals surface area contributed by atoms with Gasteiger partial charge in [-0.05, 0) is 55.7 Å². The summed E-state index contributed by atoms with van der Waals surface area (Å²) in [5.74, 6) is -0.158. The van der Waals surface area contributed by atoms with Crippen molar-refractivity contribution in [2.75, 3.05) is 0 Å². The van der Waals surface area contributed by atoms with E-state index in [0.717, 1.165) is 22.1 Å². The Morgan fingerprint density at radius 3 is 2.43 bits per heavy atom. The van der Waals surface area contributed by atoms with Crippen molar-refractivity contribution in [2.45, 2.75) is 38.8 Å². The van der Waals surface area contributed by atoms with Gasteiger partial charge in [-0.25, -0.2) is 0 Å². The van der Waals surface area contributed by atoms with E-state index in [4.69, 9.17) is 15.6 Å². The molecule has 0 aliphatic rings. The van der Waals surface area contributed by atoms with Crippen LogP contribution in [0.3, 0.4) is 0 Å². The number of nitrogens with two attached hydrogens (primary N) is 1. The van der Waals surface area contributed by atoms with Gasteiger partial charge in [0.25, 0.3) is 0 Å². The summed E-state index contributed by atoms with van der Waals surface area (Å²) in [5.41, 5.74) is 6.25. The van der Waals surface area contributed by atoms with E-state index >= 15 is 0 Å². The first kappa shape index (κ1) is 15.3. The molecule has 4 nitrogen and oxygen atoms in total. The van der Waals surface area contributed by atoms with Crippen LogP contribution in [0.1, 0.15) is 26.3 Å². The van der Waals surface area contributed by atoms with Crippen LogP contribution in [-0.2, 0) is 11.2 Å². The molecule has 0 fully saturated rings. The minimum absolute atomic E-state index is 0.234. The molecule has 0 bridgehead atoms. The van der Waals surface area contributed by atoms with Crippen molar-refractivity contribution in [3.8, 4) is 5.75 Å².